The molecule has 4 N–H and O–H groups in total. The number of hydrogen-bond donors (Lipinski definition) is 2. The van der Waals surface area contributed by atoms with Crippen molar-refractivity contribution < 1.29 is 9.47 Å². The number of fused-ring (bicyclic) bond motifs is 1. The Labute approximate surface area is 183 Å². The van der Waals surface area contributed by atoms with Gasteiger partial charge in [-0.1, -0.05) is 49.4 Å². The minimum Gasteiger partial charge on any atom is -0.496 e. The Bertz CT molecular complexity index is 1000. The zero-order valence-electron chi connectivity index (χ0n) is 18.3. The predicted molar refractivity (Wildman–Crippen MR) is 128 cm³/mol. The van der Waals surface area contributed by atoms with E-state index in [1.807, 2.05) is 13.0 Å². The molecular formula is C25H32N2O2S. The number of benzene rings is 3. The van der Waals surface area contributed by atoms with E-state index in [-0.39, 0.29) is 12.1 Å². The van der Waals surface area contributed by atoms with Crippen LogP contribution in [0, 0.1) is 0 Å². The summed E-state index contributed by atoms with van der Waals surface area (Å²) in [6, 6.07) is 16.8. The van der Waals surface area contributed by atoms with E-state index in [0.29, 0.717) is 6.42 Å². The monoisotopic (exact) mass is 424 g/mol. The first-order chi connectivity index (χ1) is 14.5. The Kier molecular flexibility index (Phi) is 7.64. The van der Waals surface area contributed by atoms with Crippen molar-refractivity contribution in [3.05, 3.63) is 65.2 Å². The molecule has 3 aromatic rings. The summed E-state index contributed by atoms with van der Waals surface area (Å²) in [5.41, 5.74) is 16.1. The summed E-state index contributed by atoms with van der Waals surface area (Å²) in [6.07, 6.45) is 1.44. The summed E-state index contributed by atoms with van der Waals surface area (Å²) in [7, 11) is 3.41. The summed E-state index contributed by atoms with van der Waals surface area (Å²) in [4.78, 5) is 1.06. The highest BCUT2D eigenvalue weighted by atomic mass is 32.2. The van der Waals surface area contributed by atoms with Gasteiger partial charge in [0, 0.05) is 23.2 Å². The minimum atomic E-state index is -0.214. The second kappa shape index (κ2) is 10.2. The van der Waals surface area contributed by atoms with Gasteiger partial charge in [-0.2, -0.15) is 0 Å². The molecule has 0 aliphatic carbocycles. The van der Waals surface area contributed by atoms with E-state index in [1.165, 1.54) is 16.3 Å². The highest BCUT2D eigenvalue weighted by Gasteiger charge is 2.24. The molecule has 0 spiro atoms. The molecule has 0 aliphatic rings. The van der Waals surface area contributed by atoms with Crippen molar-refractivity contribution in [1.29, 1.82) is 0 Å². The smallest absolute Gasteiger partial charge is 0.136 e. The molecule has 0 aliphatic heterocycles. The standard InChI is InChI=1S/C25H32N2O2S/c1-5-30-25-23(22(28-3)15-20(12-16(2)26)24(25)29-4)21(27)14-17-10-11-18-8-6-7-9-19(18)13-17/h6-11,13,15-16,21H,5,12,14,26-27H2,1-4H3/t16-,21?/m1/s1. The fourth-order valence-electron chi connectivity index (χ4n) is 3.93. The topological polar surface area (TPSA) is 70.5 Å². The van der Waals surface area contributed by atoms with E-state index >= 15 is 0 Å². The van der Waals surface area contributed by atoms with Gasteiger partial charge in [0.2, 0.25) is 0 Å². The molecule has 0 radical (unpaired) electrons. The number of nitrogens with two attached hydrogens (primary N) is 2. The van der Waals surface area contributed by atoms with E-state index in [2.05, 4.69) is 49.4 Å². The van der Waals surface area contributed by atoms with Gasteiger partial charge in [0.1, 0.15) is 11.5 Å². The normalized spacial score (nSPS) is 13.3. The van der Waals surface area contributed by atoms with Crippen LogP contribution < -0.4 is 20.9 Å². The van der Waals surface area contributed by atoms with Gasteiger partial charge in [0.25, 0.3) is 0 Å². The van der Waals surface area contributed by atoms with E-state index < -0.39 is 0 Å². The van der Waals surface area contributed by atoms with Crippen LogP contribution in [0.4, 0.5) is 0 Å². The number of hydrogen-bond acceptors (Lipinski definition) is 5. The highest BCUT2D eigenvalue weighted by molar-refractivity contribution is 7.99. The van der Waals surface area contributed by atoms with Gasteiger partial charge in [-0.3, -0.25) is 0 Å². The lowest BCUT2D eigenvalue weighted by atomic mass is 9.94. The van der Waals surface area contributed by atoms with Crippen molar-refractivity contribution in [2.45, 2.75) is 43.7 Å². The summed E-state index contributed by atoms with van der Waals surface area (Å²) in [5, 5.41) is 2.46. The largest absolute Gasteiger partial charge is 0.496 e. The third-order valence-electron chi connectivity index (χ3n) is 5.21. The van der Waals surface area contributed by atoms with Gasteiger partial charge < -0.3 is 20.9 Å². The van der Waals surface area contributed by atoms with Crippen molar-refractivity contribution >= 4 is 22.5 Å². The van der Waals surface area contributed by atoms with E-state index in [0.717, 1.165) is 39.7 Å². The van der Waals surface area contributed by atoms with E-state index in [4.69, 9.17) is 20.9 Å². The maximum Gasteiger partial charge on any atom is 0.136 e. The first kappa shape index (κ1) is 22.5. The van der Waals surface area contributed by atoms with Gasteiger partial charge in [0.15, 0.2) is 0 Å². The molecule has 5 heteroatoms. The van der Waals surface area contributed by atoms with Crippen LogP contribution in [0.25, 0.3) is 10.8 Å². The molecule has 4 nitrogen and oxygen atoms in total. The molecule has 0 saturated heterocycles. The van der Waals surface area contributed by atoms with Gasteiger partial charge in [-0.15, -0.1) is 11.8 Å². The maximum absolute atomic E-state index is 6.78. The molecule has 0 saturated carbocycles. The lowest BCUT2D eigenvalue weighted by molar-refractivity contribution is 0.380. The van der Waals surface area contributed by atoms with Crippen LogP contribution in [0.3, 0.4) is 0 Å². The Balaban J connectivity index is 2.04. The third kappa shape index (κ3) is 4.91. The molecular weight excluding hydrogens is 392 g/mol. The molecule has 3 rings (SSSR count). The molecule has 2 atom stereocenters. The van der Waals surface area contributed by atoms with E-state index in [1.54, 1.807) is 26.0 Å². The fraction of sp³-hybridized carbons (Fsp3) is 0.360. The molecule has 0 fully saturated rings. The van der Waals surface area contributed by atoms with Crippen LogP contribution >= 0.6 is 11.8 Å². The lowest BCUT2D eigenvalue weighted by Crippen LogP contribution is -2.20. The first-order valence-electron chi connectivity index (χ1n) is 10.4. The summed E-state index contributed by atoms with van der Waals surface area (Å²) >= 11 is 1.74. The average molecular weight is 425 g/mol. The van der Waals surface area contributed by atoms with E-state index in [9.17, 15) is 0 Å². The number of rotatable bonds is 9. The van der Waals surface area contributed by atoms with Crippen molar-refractivity contribution in [3.63, 3.8) is 0 Å². The summed E-state index contributed by atoms with van der Waals surface area (Å²) in [5.74, 6) is 2.58. The van der Waals surface area contributed by atoms with Crippen LogP contribution in [0.2, 0.25) is 0 Å². The predicted octanol–water partition coefficient (Wildman–Crippen LogP) is 5.10. The Hall–Kier alpha value is -2.21. The summed E-state index contributed by atoms with van der Waals surface area (Å²) < 4.78 is 11.6. The highest BCUT2D eigenvalue weighted by Crippen LogP contribution is 2.44. The van der Waals surface area contributed by atoms with Crippen LogP contribution in [0.15, 0.2) is 53.4 Å². The molecule has 0 bridgehead atoms. The fourth-order valence-corrected chi connectivity index (χ4v) is 4.97. The van der Waals surface area contributed by atoms with Crippen molar-refractivity contribution in [1.82, 2.24) is 0 Å². The number of methoxy groups -OCH3 is 2. The first-order valence-corrected chi connectivity index (χ1v) is 11.4. The zero-order valence-corrected chi connectivity index (χ0v) is 19.1. The van der Waals surface area contributed by atoms with Gasteiger partial charge >= 0.3 is 0 Å². The molecule has 160 valence electrons. The average Bonchev–Trinajstić information content (AvgIpc) is 2.73. The lowest BCUT2D eigenvalue weighted by Gasteiger charge is -2.24. The van der Waals surface area contributed by atoms with Gasteiger partial charge in [-0.25, -0.2) is 0 Å². The molecule has 0 aromatic heterocycles. The van der Waals surface area contributed by atoms with Gasteiger partial charge in [-0.05, 0) is 47.9 Å². The third-order valence-corrected chi connectivity index (χ3v) is 6.19. The summed E-state index contributed by atoms with van der Waals surface area (Å²) in [6.45, 7) is 4.13. The molecule has 0 heterocycles. The quantitative estimate of drug-likeness (QED) is 0.468. The Morgan fingerprint density at radius 2 is 1.67 bits per heavy atom. The zero-order chi connectivity index (χ0) is 21.7. The minimum absolute atomic E-state index is 0.0280. The SMILES string of the molecule is CCSc1c(OC)c(C[C@@H](C)N)cc(OC)c1C(N)Cc1ccc2ccccc2c1. The van der Waals surface area contributed by atoms with Crippen molar-refractivity contribution in [2.24, 2.45) is 11.5 Å². The van der Waals surface area contributed by atoms with Crippen LogP contribution in [-0.2, 0) is 12.8 Å². The number of thioether (sulfide) groups is 1. The second-order valence-electron chi connectivity index (χ2n) is 7.62. The van der Waals surface area contributed by atoms with Crippen LogP contribution in [0.5, 0.6) is 11.5 Å². The molecule has 1 unspecified atom stereocenters. The molecule has 3 aromatic carbocycles. The molecule has 30 heavy (non-hydrogen) atoms. The van der Waals surface area contributed by atoms with Crippen molar-refractivity contribution in [2.75, 3.05) is 20.0 Å². The van der Waals surface area contributed by atoms with Crippen LogP contribution in [-0.4, -0.2) is 26.0 Å². The van der Waals surface area contributed by atoms with Crippen LogP contribution in [0.1, 0.15) is 36.6 Å². The van der Waals surface area contributed by atoms with Crippen molar-refractivity contribution in [3.8, 4) is 11.5 Å². The Morgan fingerprint density at radius 3 is 2.30 bits per heavy atom. The maximum atomic E-state index is 6.78. The van der Waals surface area contributed by atoms with Gasteiger partial charge in [0.05, 0.1) is 19.1 Å². The number of ether oxygens (including phenoxy) is 2. The Morgan fingerprint density at radius 1 is 0.933 bits per heavy atom. The molecule has 0 amide bonds. The second-order valence-corrected chi connectivity index (χ2v) is 8.89.